The number of rotatable bonds is 7. The molecule has 2 amide bonds. The van der Waals surface area contributed by atoms with Crippen molar-refractivity contribution in [2.75, 3.05) is 33.2 Å². The number of hydrogen-bond donors (Lipinski definition) is 0. The van der Waals surface area contributed by atoms with E-state index >= 15 is 0 Å². The van der Waals surface area contributed by atoms with Gasteiger partial charge in [-0.05, 0) is 49.6 Å². The molecule has 0 unspecified atom stereocenters. The van der Waals surface area contributed by atoms with Crippen molar-refractivity contribution in [1.29, 1.82) is 0 Å². The highest BCUT2D eigenvalue weighted by atomic mass is 32.2. The first-order valence-corrected chi connectivity index (χ1v) is 11.3. The Morgan fingerprint density at radius 1 is 1.22 bits per heavy atom. The van der Waals surface area contributed by atoms with Crippen LogP contribution in [0.15, 0.2) is 35.9 Å². The number of amides is 2. The van der Waals surface area contributed by atoms with Crippen molar-refractivity contribution >= 4 is 35.3 Å². The van der Waals surface area contributed by atoms with E-state index in [1.54, 1.807) is 23.9 Å². The first kappa shape index (κ1) is 21.7. The van der Waals surface area contributed by atoms with E-state index in [0.717, 1.165) is 11.3 Å². The van der Waals surface area contributed by atoms with Crippen molar-refractivity contribution in [2.45, 2.75) is 30.5 Å². The van der Waals surface area contributed by atoms with Crippen molar-refractivity contribution < 1.29 is 14.3 Å². The first-order chi connectivity index (χ1) is 12.8. The molecule has 0 bridgehead atoms. The van der Waals surface area contributed by atoms with Crippen LogP contribution in [0.1, 0.15) is 19.4 Å². The van der Waals surface area contributed by atoms with E-state index < -0.39 is 10.2 Å². The minimum atomic E-state index is -0.929. The van der Waals surface area contributed by atoms with Gasteiger partial charge in [0.05, 0.1) is 0 Å². The zero-order valence-electron chi connectivity index (χ0n) is 16.8. The van der Waals surface area contributed by atoms with Gasteiger partial charge in [0.1, 0.15) is 12.4 Å². The van der Waals surface area contributed by atoms with Crippen LogP contribution in [-0.4, -0.2) is 65.1 Å². The molecule has 0 saturated carbocycles. The lowest BCUT2D eigenvalue weighted by atomic mass is 10.0. The van der Waals surface area contributed by atoms with E-state index in [0.29, 0.717) is 13.0 Å². The maximum absolute atomic E-state index is 13.2. The van der Waals surface area contributed by atoms with Crippen LogP contribution in [0.5, 0.6) is 5.75 Å². The largest absolute Gasteiger partial charge is 0.489 e. The van der Waals surface area contributed by atoms with Crippen molar-refractivity contribution in [3.63, 3.8) is 0 Å². The summed E-state index contributed by atoms with van der Waals surface area (Å²) in [5.41, 5.74) is 2.16. The molecule has 7 heteroatoms. The molecule has 1 heterocycles. The van der Waals surface area contributed by atoms with Crippen LogP contribution in [0.25, 0.3) is 0 Å². The highest BCUT2D eigenvalue weighted by Gasteiger charge is 2.53. The summed E-state index contributed by atoms with van der Waals surface area (Å²) >= 11 is 2.79. The summed E-state index contributed by atoms with van der Waals surface area (Å²) in [4.78, 5) is 28.2. The number of piperazine rings is 1. The summed E-state index contributed by atoms with van der Waals surface area (Å²) in [7, 11) is 3.43. The second kappa shape index (κ2) is 9.06. The van der Waals surface area contributed by atoms with E-state index in [4.69, 9.17) is 4.74 Å². The van der Waals surface area contributed by atoms with Crippen molar-refractivity contribution in [3.05, 3.63) is 41.5 Å². The van der Waals surface area contributed by atoms with Crippen molar-refractivity contribution in [1.82, 2.24) is 9.80 Å². The number of carbonyl (C=O) groups excluding carboxylic acids is 2. The lowest BCUT2D eigenvalue weighted by Gasteiger charge is -2.48. The van der Waals surface area contributed by atoms with Gasteiger partial charge in [-0.25, -0.2) is 0 Å². The van der Waals surface area contributed by atoms with E-state index in [1.165, 1.54) is 29.1 Å². The maximum atomic E-state index is 13.2. The van der Waals surface area contributed by atoms with Gasteiger partial charge in [0.15, 0.2) is 10.2 Å². The zero-order valence-corrected chi connectivity index (χ0v) is 18.4. The van der Waals surface area contributed by atoms with Crippen LogP contribution >= 0.6 is 23.5 Å². The molecule has 5 nitrogen and oxygen atoms in total. The van der Waals surface area contributed by atoms with Crippen molar-refractivity contribution in [3.8, 4) is 5.75 Å². The van der Waals surface area contributed by atoms with Gasteiger partial charge in [0.2, 0.25) is 0 Å². The lowest BCUT2D eigenvalue weighted by Crippen LogP contribution is -2.68. The Morgan fingerprint density at radius 3 is 2.37 bits per heavy atom. The normalized spacial score (nSPS) is 23.8. The fourth-order valence-corrected chi connectivity index (χ4v) is 4.81. The third-order valence-electron chi connectivity index (χ3n) is 4.98. The highest BCUT2D eigenvalue weighted by molar-refractivity contribution is 8.01. The summed E-state index contributed by atoms with van der Waals surface area (Å²) in [6, 6.07) is 7.75. The minimum absolute atomic E-state index is 0.0410. The number of carbonyl (C=O) groups is 2. The van der Waals surface area contributed by atoms with Gasteiger partial charge >= 0.3 is 0 Å². The van der Waals surface area contributed by atoms with Gasteiger partial charge in [0.25, 0.3) is 11.8 Å². The molecule has 1 saturated heterocycles. The molecule has 0 spiro atoms. The number of nitrogens with zero attached hydrogens (tertiary/aromatic N) is 2. The van der Waals surface area contributed by atoms with E-state index in [-0.39, 0.29) is 11.8 Å². The summed E-state index contributed by atoms with van der Waals surface area (Å²) in [6.07, 6.45) is 6.21. The maximum Gasteiger partial charge on any atom is 0.260 e. The third kappa shape index (κ3) is 4.29. The average molecular weight is 409 g/mol. The molecule has 1 fully saturated rings. The molecule has 148 valence electrons. The Hall–Kier alpha value is -1.60. The summed E-state index contributed by atoms with van der Waals surface area (Å²) in [6.45, 7) is 4.57. The van der Waals surface area contributed by atoms with E-state index in [9.17, 15) is 9.59 Å². The third-order valence-corrected chi connectivity index (χ3v) is 7.21. The quantitative estimate of drug-likeness (QED) is 0.648. The molecule has 1 aromatic rings. The molecule has 27 heavy (non-hydrogen) atoms. The first-order valence-electron chi connectivity index (χ1n) is 8.77. The smallest absolute Gasteiger partial charge is 0.260 e. The Balaban J connectivity index is 2.22. The lowest BCUT2D eigenvalue weighted by molar-refractivity contribution is -0.156. The number of hydrogen-bond acceptors (Lipinski definition) is 5. The second-order valence-corrected chi connectivity index (χ2v) is 8.64. The molecule has 2 rings (SSSR count). The molecular weight excluding hydrogens is 380 g/mol. The molecule has 2 atom stereocenters. The predicted octanol–water partition coefficient (Wildman–Crippen LogP) is 3.25. The average Bonchev–Trinajstić information content (AvgIpc) is 2.69. The van der Waals surface area contributed by atoms with Crippen LogP contribution < -0.4 is 4.74 Å². The fraction of sp³-hybridized carbons (Fsp3) is 0.500. The van der Waals surface area contributed by atoms with Gasteiger partial charge in [-0.1, -0.05) is 18.2 Å². The summed E-state index contributed by atoms with van der Waals surface area (Å²) < 4.78 is 5.74. The van der Waals surface area contributed by atoms with Crippen LogP contribution in [0, 0.1) is 0 Å². The molecule has 1 aliphatic rings. The van der Waals surface area contributed by atoms with Crippen LogP contribution in [0.2, 0.25) is 0 Å². The molecule has 1 aromatic carbocycles. The van der Waals surface area contributed by atoms with Crippen LogP contribution in [0.4, 0.5) is 0 Å². The predicted molar refractivity (Wildman–Crippen MR) is 114 cm³/mol. The topological polar surface area (TPSA) is 49.9 Å². The molecule has 1 aliphatic heterocycles. The molecular formula is C20H28N2O3S2. The van der Waals surface area contributed by atoms with Crippen molar-refractivity contribution in [2.24, 2.45) is 0 Å². The molecule has 0 aromatic heterocycles. The summed E-state index contributed by atoms with van der Waals surface area (Å²) in [5, 5.41) is -0.464. The monoisotopic (exact) mass is 408 g/mol. The molecule has 0 aliphatic carbocycles. The van der Waals surface area contributed by atoms with Crippen LogP contribution in [0.3, 0.4) is 0 Å². The number of thioether (sulfide) groups is 2. The van der Waals surface area contributed by atoms with Gasteiger partial charge in [-0.2, -0.15) is 0 Å². The Labute approximate surface area is 170 Å². The van der Waals surface area contributed by atoms with Gasteiger partial charge in [-0.15, -0.1) is 23.5 Å². The Morgan fingerprint density at radius 2 is 1.85 bits per heavy atom. The SMILES string of the molecule is CC=C(C)COc1ccc(C[C@@]2(SC)C(=O)N(C)[C@H](SC)C(=O)N2C)cc1. The Bertz CT molecular complexity index is 720. The van der Waals surface area contributed by atoms with Gasteiger partial charge in [-0.3, -0.25) is 9.59 Å². The fourth-order valence-electron chi connectivity index (χ4n) is 3.05. The standard InChI is InChI=1S/C20H28N2O3S2/c1-7-14(2)13-25-16-10-8-15(9-11-16)12-20(27-6)19(24)21(3)18(26-5)17(23)22(20)4/h7-11,18H,12-13H2,1-6H3/t18-,20-/m1/s1. The second-order valence-electron chi connectivity index (χ2n) is 6.63. The summed E-state index contributed by atoms with van der Waals surface area (Å²) in [5.74, 6) is 0.707. The number of likely N-dealkylation sites (N-methyl/N-ethyl adjacent to an activating group) is 2. The molecule has 0 N–H and O–H groups in total. The van der Waals surface area contributed by atoms with Crippen LogP contribution in [-0.2, 0) is 16.0 Å². The molecule has 0 radical (unpaired) electrons. The number of allylic oxidation sites excluding steroid dienone is 1. The van der Waals surface area contributed by atoms with E-state index in [2.05, 4.69) is 0 Å². The zero-order chi connectivity index (χ0) is 20.2. The number of ether oxygens (including phenoxy) is 1. The number of benzene rings is 1. The Kier molecular flexibility index (Phi) is 7.28. The van der Waals surface area contributed by atoms with Gasteiger partial charge < -0.3 is 14.5 Å². The van der Waals surface area contributed by atoms with Gasteiger partial charge in [0, 0.05) is 20.5 Å². The highest BCUT2D eigenvalue weighted by Crippen LogP contribution is 2.39. The minimum Gasteiger partial charge on any atom is -0.489 e. The van der Waals surface area contributed by atoms with E-state index in [1.807, 2.05) is 56.7 Å².